The van der Waals surface area contributed by atoms with Gasteiger partial charge in [-0.3, -0.25) is 4.79 Å². The SMILES string of the molecule is CC1CCC(C(=O)Oc2cc(F)[c-]c(F)c2)CC1.[Y+3]. The molecule has 2 nitrogen and oxygen atoms in total. The minimum atomic E-state index is -0.866. The van der Waals surface area contributed by atoms with Crippen molar-refractivity contribution in [2.75, 3.05) is 0 Å². The van der Waals surface area contributed by atoms with Gasteiger partial charge in [0.2, 0.25) is 0 Å². The molecule has 98 valence electrons. The standard InChI is InChI=1S/C14H15F2O2.Y/c1-9-2-4-10(5-3-9)14(17)18-13-7-11(15)6-12(16)8-13;/h7-10H,2-5H2,1H3;/q-1;+3. The molecule has 1 aromatic rings. The van der Waals surface area contributed by atoms with Crippen molar-refractivity contribution in [1.82, 2.24) is 0 Å². The molecule has 1 aliphatic carbocycles. The molecule has 0 radical (unpaired) electrons. The molecule has 0 bridgehead atoms. The van der Waals surface area contributed by atoms with Gasteiger partial charge in [-0.05, 0) is 31.6 Å². The number of ether oxygens (including phenoxy) is 1. The van der Waals surface area contributed by atoms with Crippen LogP contribution < -0.4 is 4.74 Å². The number of hydrogen-bond donors (Lipinski definition) is 0. The van der Waals surface area contributed by atoms with Crippen molar-refractivity contribution in [2.24, 2.45) is 11.8 Å². The Bertz CT molecular complexity index is 423. The molecule has 0 aromatic heterocycles. The molecule has 0 spiro atoms. The maximum absolute atomic E-state index is 12.9. The van der Waals surface area contributed by atoms with Crippen LogP contribution >= 0.6 is 0 Å². The molecular weight excluding hydrogens is 327 g/mol. The molecule has 1 aromatic carbocycles. The first-order valence-electron chi connectivity index (χ1n) is 6.14. The van der Waals surface area contributed by atoms with Crippen molar-refractivity contribution in [2.45, 2.75) is 32.6 Å². The van der Waals surface area contributed by atoms with Gasteiger partial charge < -0.3 is 4.74 Å². The fourth-order valence-electron chi connectivity index (χ4n) is 2.23. The van der Waals surface area contributed by atoms with Gasteiger partial charge in [0.15, 0.2) is 0 Å². The molecule has 1 aliphatic rings. The second-order valence-corrected chi connectivity index (χ2v) is 4.89. The fraction of sp³-hybridized carbons (Fsp3) is 0.500. The molecule has 1 fully saturated rings. The van der Waals surface area contributed by atoms with E-state index in [1.54, 1.807) is 0 Å². The van der Waals surface area contributed by atoms with Gasteiger partial charge in [-0.25, -0.2) is 8.78 Å². The molecule has 19 heavy (non-hydrogen) atoms. The summed E-state index contributed by atoms with van der Waals surface area (Å²) in [4.78, 5) is 11.8. The molecule has 1 saturated carbocycles. The van der Waals surface area contributed by atoms with E-state index in [1.165, 1.54) is 0 Å². The van der Waals surface area contributed by atoms with E-state index in [4.69, 9.17) is 4.74 Å². The average Bonchev–Trinajstić information content (AvgIpc) is 2.28. The first kappa shape index (κ1) is 16.7. The smallest absolute Gasteiger partial charge is 0.453 e. The van der Waals surface area contributed by atoms with Crippen LogP contribution in [0.3, 0.4) is 0 Å². The first-order valence-corrected chi connectivity index (χ1v) is 6.14. The average molecular weight is 342 g/mol. The van der Waals surface area contributed by atoms with Crippen LogP contribution in [-0.4, -0.2) is 5.97 Å². The predicted octanol–water partition coefficient (Wildman–Crippen LogP) is 3.49. The Morgan fingerprint density at radius 1 is 1.21 bits per heavy atom. The van der Waals surface area contributed by atoms with Crippen LogP contribution in [0.5, 0.6) is 5.75 Å². The third-order valence-electron chi connectivity index (χ3n) is 3.34. The predicted molar refractivity (Wildman–Crippen MR) is 62.0 cm³/mol. The van der Waals surface area contributed by atoms with Crippen molar-refractivity contribution in [3.8, 4) is 5.75 Å². The number of carbonyl (C=O) groups excluding carboxylic acids is 1. The molecule has 0 heterocycles. The second-order valence-electron chi connectivity index (χ2n) is 4.89. The number of halogens is 2. The van der Waals surface area contributed by atoms with Crippen LogP contribution in [0.1, 0.15) is 32.6 Å². The summed E-state index contributed by atoms with van der Waals surface area (Å²) in [7, 11) is 0. The topological polar surface area (TPSA) is 26.3 Å². The van der Waals surface area contributed by atoms with Crippen LogP contribution in [0.15, 0.2) is 12.1 Å². The summed E-state index contributed by atoms with van der Waals surface area (Å²) in [5.74, 6) is -1.74. The summed E-state index contributed by atoms with van der Waals surface area (Å²) in [6, 6.07) is 3.77. The van der Waals surface area contributed by atoms with Gasteiger partial charge >= 0.3 is 38.7 Å². The maximum atomic E-state index is 12.9. The van der Waals surface area contributed by atoms with Gasteiger partial charge in [0, 0.05) is 17.4 Å². The number of esters is 1. The largest absolute Gasteiger partial charge is 3.00 e. The van der Waals surface area contributed by atoms with E-state index in [2.05, 4.69) is 6.92 Å². The summed E-state index contributed by atoms with van der Waals surface area (Å²) in [6.07, 6.45) is 3.55. The normalized spacial score (nSPS) is 22.5. The van der Waals surface area contributed by atoms with E-state index < -0.39 is 17.6 Å². The summed E-state index contributed by atoms with van der Waals surface area (Å²) in [5, 5.41) is 0. The van der Waals surface area contributed by atoms with E-state index in [0.29, 0.717) is 5.92 Å². The van der Waals surface area contributed by atoms with Crippen LogP contribution in [0.25, 0.3) is 0 Å². The molecule has 0 unspecified atom stereocenters. The van der Waals surface area contributed by atoms with Crippen molar-refractivity contribution in [3.05, 3.63) is 29.8 Å². The van der Waals surface area contributed by atoms with Crippen LogP contribution in [0.2, 0.25) is 0 Å². The van der Waals surface area contributed by atoms with Crippen LogP contribution in [-0.2, 0) is 37.5 Å². The molecule has 0 atom stereocenters. The zero-order valence-corrected chi connectivity index (χ0v) is 13.6. The number of hydrogen-bond acceptors (Lipinski definition) is 2. The summed E-state index contributed by atoms with van der Waals surface area (Å²) < 4.78 is 30.8. The molecule has 5 heteroatoms. The van der Waals surface area contributed by atoms with E-state index in [9.17, 15) is 13.6 Å². The Kier molecular flexibility index (Phi) is 6.54. The number of carbonyl (C=O) groups is 1. The maximum Gasteiger partial charge on any atom is 3.00 e. The Hall–Kier alpha value is -0.346. The van der Waals surface area contributed by atoms with Crippen LogP contribution in [0, 0.1) is 29.5 Å². The zero-order chi connectivity index (χ0) is 13.1. The Labute approximate surface area is 136 Å². The van der Waals surface area contributed by atoms with Gasteiger partial charge in [0.05, 0.1) is 5.92 Å². The van der Waals surface area contributed by atoms with Crippen LogP contribution in [0.4, 0.5) is 8.78 Å². The van der Waals surface area contributed by atoms with Gasteiger partial charge in [-0.2, -0.15) is 0 Å². The molecule has 0 saturated heterocycles. The molecule has 0 amide bonds. The molecule has 0 N–H and O–H groups in total. The second kappa shape index (κ2) is 7.44. The molecular formula is C14H15F2O2Y+2. The van der Waals surface area contributed by atoms with Gasteiger partial charge in [-0.1, -0.05) is 19.1 Å². The van der Waals surface area contributed by atoms with Crippen molar-refractivity contribution >= 4 is 5.97 Å². The van der Waals surface area contributed by atoms with Crippen molar-refractivity contribution in [3.63, 3.8) is 0 Å². The Morgan fingerprint density at radius 2 is 1.74 bits per heavy atom. The summed E-state index contributed by atoms with van der Waals surface area (Å²) >= 11 is 0. The summed E-state index contributed by atoms with van der Waals surface area (Å²) in [5.41, 5.74) is 0. The Balaban J connectivity index is 0.00000180. The summed E-state index contributed by atoms with van der Waals surface area (Å²) in [6.45, 7) is 2.15. The minimum absolute atomic E-state index is 0. The van der Waals surface area contributed by atoms with Crippen molar-refractivity contribution < 1.29 is 51.0 Å². The molecule has 0 aliphatic heterocycles. The first-order chi connectivity index (χ1) is 8.54. The van der Waals surface area contributed by atoms with E-state index >= 15 is 0 Å². The Morgan fingerprint density at radius 3 is 2.26 bits per heavy atom. The van der Waals surface area contributed by atoms with Gasteiger partial charge in [0.1, 0.15) is 0 Å². The minimum Gasteiger partial charge on any atom is -0.453 e. The van der Waals surface area contributed by atoms with E-state index in [1.807, 2.05) is 6.07 Å². The quantitative estimate of drug-likeness (QED) is 0.467. The molecule has 2 rings (SSSR count). The van der Waals surface area contributed by atoms with Gasteiger partial charge in [0.25, 0.3) is 0 Å². The third kappa shape index (κ3) is 4.92. The fourth-order valence-corrected chi connectivity index (χ4v) is 2.23. The van der Waals surface area contributed by atoms with Crippen molar-refractivity contribution in [1.29, 1.82) is 0 Å². The van der Waals surface area contributed by atoms with E-state index in [-0.39, 0.29) is 44.4 Å². The zero-order valence-electron chi connectivity index (χ0n) is 10.8. The number of benzene rings is 1. The third-order valence-corrected chi connectivity index (χ3v) is 3.34. The number of rotatable bonds is 2. The van der Waals surface area contributed by atoms with E-state index in [0.717, 1.165) is 37.8 Å². The monoisotopic (exact) mass is 342 g/mol. The van der Waals surface area contributed by atoms with Gasteiger partial charge in [-0.15, -0.1) is 6.07 Å².